The van der Waals surface area contributed by atoms with Gasteiger partial charge in [0.15, 0.2) is 17.5 Å². The molecule has 0 fully saturated rings. The predicted octanol–water partition coefficient (Wildman–Crippen LogP) is 7.56. The molecule has 168 valence electrons. The molecule has 6 rings (SSSR count). The summed E-state index contributed by atoms with van der Waals surface area (Å²) in [7, 11) is 0. The molecule has 6 aromatic rings. The Morgan fingerprint density at radius 2 is 0.861 bits per heavy atom. The van der Waals surface area contributed by atoms with Gasteiger partial charge in [-0.2, -0.15) is 5.26 Å². The van der Waals surface area contributed by atoms with E-state index in [4.69, 9.17) is 15.0 Å². The third-order valence-electron chi connectivity index (χ3n) is 6.20. The second-order valence-corrected chi connectivity index (χ2v) is 8.43. The van der Waals surface area contributed by atoms with E-state index in [2.05, 4.69) is 24.3 Å². The van der Waals surface area contributed by atoms with Crippen molar-refractivity contribution >= 4 is 10.8 Å². The Balaban J connectivity index is 1.45. The summed E-state index contributed by atoms with van der Waals surface area (Å²) in [4.78, 5) is 14.4. The summed E-state index contributed by atoms with van der Waals surface area (Å²) in [6.45, 7) is 0. The standard InChI is InChI=1S/C32H20N4/c33-21-26-19-20-28(29-14-8-7-13-27(26)29)22-15-17-25(18-16-22)32-35-30(23-9-3-1-4-10-23)34-31(36-32)24-11-5-2-6-12-24/h1-20H. The summed E-state index contributed by atoms with van der Waals surface area (Å²) in [5.41, 5.74) is 5.63. The Morgan fingerprint density at radius 1 is 0.417 bits per heavy atom. The maximum Gasteiger partial charge on any atom is 0.164 e. The second-order valence-electron chi connectivity index (χ2n) is 8.43. The average Bonchev–Trinajstić information content (AvgIpc) is 2.97. The number of hydrogen-bond acceptors (Lipinski definition) is 4. The highest BCUT2D eigenvalue weighted by molar-refractivity contribution is 5.99. The summed E-state index contributed by atoms with van der Waals surface area (Å²) in [5, 5.41) is 11.5. The molecular weight excluding hydrogens is 440 g/mol. The van der Waals surface area contributed by atoms with Gasteiger partial charge < -0.3 is 0 Å². The van der Waals surface area contributed by atoms with E-state index in [1.54, 1.807) is 0 Å². The van der Waals surface area contributed by atoms with Crippen molar-refractivity contribution in [2.45, 2.75) is 0 Å². The minimum absolute atomic E-state index is 0.624. The normalized spacial score (nSPS) is 10.8. The third-order valence-corrected chi connectivity index (χ3v) is 6.20. The molecule has 0 radical (unpaired) electrons. The van der Waals surface area contributed by atoms with Gasteiger partial charge in [0.2, 0.25) is 0 Å². The van der Waals surface area contributed by atoms with Crippen LogP contribution in [0.1, 0.15) is 5.56 Å². The Labute approximate surface area is 209 Å². The smallest absolute Gasteiger partial charge is 0.164 e. The molecule has 0 bridgehead atoms. The first-order chi connectivity index (χ1) is 17.8. The lowest BCUT2D eigenvalue weighted by Gasteiger charge is -2.10. The number of nitriles is 1. The van der Waals surface area contributed by atoms with Crippen molar-refractivity contribution in [2.24, 2.45) is 0 Å². The Bertz CT molecular complexity index is 1660. The van der Waals surface area contributed by atoms with Gasteiger partial charge in [-0.3, -0.25) is 0 Å². The van der Waals surface area contributed by atoms with Crippen LogP contribution in [0.4, 0.5) is 0 Å². The van der Waals surface area contributed by atoms with Crippen LogP contribution in [0.15, 0.2) is 121 Å². The number of nitrogens with zero attached hydrogens (tertiary/aromatic N) is 4. The highest BCUT2D eigenvalue weighted by Crippen LogP contribution is 2.32. The maximum absolute atomic E-state index is 9.50. The number of benzene rings is 5. The van der Waals surface area contributed by atoms with E-state index in [0.717, 1.165) is 38.6 Å². The van der Waals surface area contributed by atoms with Gasteiger partial charge in [-0.25, -0.2) is 15.0 Å². The van der Waals surface area contributed by atoms with Gasteiger partial charge in [-0.05, 0) is 22.6 Å². The lowest BCUT2D eigenvalue weighted by Crippen LogP contribution is -2.00. The van der Waals surface area contributed by atoms with Gasteiger partial charge in [0.05, 0.1) is 11.6 Å². The molecule has 0 saturated heterocycles. The first kappa shape index (κ1) is 21.4. The van der Waals surface area contributed by atoms with Gasteiger partial charge >= 0.3 is 0 Å². The van der Waals surface area contributed by atoms with Crippen LogP contribution in [-0.4, -0.2) is 15.0 Å². The summed E-state index contributed by atoms with van der Waals surface area (Å²) >= 11 is 0. The molecule has 4 nitrogen and oxygen atoms in total. The fourth-order valence-corrected chi connectivity index (χ4v) is 4.38. The number of fused-ring (bicyclic) bond motifs is 1. The molecule has 5 aromatic carbocycles. The van der Waals surface area contributed by atoms with Gasteiger partial charge in [-0.1, -0.05) is 115 Å². The van der Waals surface area contributed by atoms with Gasteiger partial charge in [0, 0.05) is 22.1 Å². The number of aromatic nitrogens is 3. The molecule has 1 heterocycles. The van der Waals surface area contributed by atoms with Crippen molar-refractivity contribution in [3.05, 3.63) is 127 Å². The van der Waals surface area contributed by atoms with E-state index < -0.39 is 0 Å². The van der Waals surface area contributed by atoms with Crippen LogP contribution < -0.4 is 0 Å². The van der Waals surface area contributed by atoms with E-state index in [1.165, 1.54) is 0 Å². The first-order valence-corrected chi connectivity index (χ1v) is 11.7. The van der Waals surface area contributed by atoms with E-state index in [1.807, 2.05) is 103 Å². The summed E-state index contributed by atoms with van der Waals surface area (Å²) in [5.74, 6) is 1.90. The highest BCUT2D eigenvalue weighted by atomic mass is 15.0. The molecule has 0 amide bonds. The monoisotopic (exact) mass is 460 g/mol. The van der Waals surface area contributed by atoms with Crippen LogP contribution in [0.2, 0.25) is 0 Å². The van der Waals surface area contributed by atoms with Crippen molar-refractivity contribution in [1.82, 2.24) is 15.0 Å². The Kier molecular flexibility index (Phi) is 5.50. The fraction of sp³-hybridized carbons (Fsp3) is 0. The second kappa shape index (κ2) is 9.25. The van der Waals surface area contributed by atoms with Crippen molar-refractivity contribution in [3.8, 4) is 51.4 Å². The van der Waals surface area contributed by atoms with Gasteiger partial charge in [-0.15, -0.1) is 0 Å². The Morgan fingerprint density at radius 3 is 1.39 bits per heavy atom. The van der Waals surface area contributed by atoms with Crippen molar-refractivity contribution in [2.75, 3.05) is 0 Å². The highest BCUT2D eigenvalue weighted by Gasteiger charge is 2.13. The maximum atomic E-state index is 9.50. The molecule has 0 aliphatic heterocycles. The van der Waals surface area contributed by atoms with Crippen LogP contribution in [0.3, 0.4) is 0 Å². The molecule has 4 heteroatoms. The van der Waals surface area contributed by atoms with E-state index in [-0.39, 0.29) is 0 Å². The topological polar surface area (TPSA) is 62.5 Å². The largest absolute Gasteiger partial charge is 0.208 e. The molecular formula is C32H20N4. The predicted molar refractivity (Wildman–Crippen MR) is 144 cm³/mol. The van der Waals surface area contributed by atoms with E-state index in [0.29, 0.717) is 23.0 Å². The van der Waals surface area contributed by atoms with E-state index in [9.17, 15) is 5.26 Å². The van der Waals surface area contributed by atoms with Gasteiger partial charge in [0.1, 0.15) is 0 Å². The van der Waals surface area contributed by atoms with Crippen molar-refractivity contribution in [1.29, 1.82) is 5.26 Å². The van der Waals surface area contributed by atoms with Crippen LogP contribution >= 0.6 is 0 Å². The van der Waals surface area contributed by atoms with Crippen molar-refractivity contribution < 1.29 is 0 Å². The molecule has 0 N–H and O–H groups in total. The molecule has 0 atom stereocenters. The zero-order valence-electron chi connectivity index (χ0n) is 19.3. The SMILES string of the molecule is N#Cc1ccc(-c2ccc(-c3nc(-c4ccccc4)nc(-c4ccccc4)n3)cc2)c2ccccc12. The minimum atomic E-state index is 0.624. The fourth-order valence-electron chi connectivity index (χ4n) is 4.38. The van der Waals surface area contributed by atoms with Crippen LogP contribution in [0.25, 0.3) is 56.1 Å². The lowest BCUT2D eigenvalue weighted by atomic mass is 9.95. The molecule has 0 aliphatic carbocycles. The minimum Gasteiger partial charge on any atom is -0.208 e. The summed E-state index contributed by atoms with van der Waals surface area (Å²) < 4.78 is 0. The zero-order valence-corrected chi connectivity index (χ0v) is 19.3. The molecule has 0 unspecified atom stereocenters. The van der Waals surface area contributed by atoms with Crippen LogP contribution in [0.5, 0.6) is 0 Å². The van der Waals surface area contributed by atoms with Crippen LogP contribution in [-0.2, 0) is 0 Å². The molecule has 0 aliphatic rings. The third kappa shape index (κ3) is 4.00. The molecule has 0 saturated carbocycles. The molecule has 1 aromatic heterocycles. The first-order valence-electron chi connectivity index (χ1n) is 11.7. The lowest BCUT2D eigenvalue weighted by molar-refractivity contribution is 1.07. The Hall–Kier alpha value is -5.14. The number of rotatable bonds is 4. The van der Waals surface area contributed by atoms with E-state index >= 15 is 0 Å². The van der Waals surface area contributed by atoms with Crippen molar-refractivity contribution in [3.63, 3.8) is 0 Å². The van der Waals surface area contributed by atoms with Gasteiger partial charge in [0.25, 0.3) is 0 Å². The van der Waals surface area contributed by atoms with Crippen LogP contribution in [0, 0.1) is 11.3 Å². The summed E-state index contributed by atoms with van der Waals surface area (Å²) in [6.07, 6.45) is 0. The molecule has 36 heavy (non-hydrogen) atoms. The average molecular weight is 461 g/mol. The summed E-state index contributed by atoms with van der Waals surface area (Å²) in [6, 6.07) is 42.4. The number of hydrogen-bond donors (Lipinski definition) is 0. The molecule has 0 spiro atoms. The quantitative estimate of drug-likeness (QED) is 0.272. The zero-order chi connectivity index (χ0) is 24.3.